The fourth-order valence-corrected chi connectivity index (χ4v) is 2.65. The van der Waals surface area contributed by atoms with Crippen LogP contribution in [0.2, 0.25) is 0 Å². The summed E-state index contributed by atoms with van der Waals surface area (Å²) in [4.78, 5) is 9.63. The standard InChI is InChI=1S/C16H25N3/c1-9(2)13-14(10(3)4)18-15(11(5)6)19-12(7)8-17-16(13)19/h8-11H,1-7H3. The topological polar surface area (TPSA) is 30.2 Å². The zero-order valence-corrected chi connectivity index (χ0v) is 13.2. The third kappa shape index (κ3) is 2.26. The Hall–Kier alpha value is -1.38. The monoisotopic (exact) mass is 259 g/mol. The molecule has 0 bridgehead atoms. The predicted octanol–water partition coefficient (Wildman–Crippen LogP) is 4.41. The van der Waals surface area contributed by atoms with Crippen LogP contribution in [0.15, 0.2) is 6.20 Å². The first-order valence-corrected chi connectivity index (χ1v) is 7.22. The molecule has 0 aliphatic rings. The average Bonchev–Trinajstić information content (AvgIpc) is 2.69. The van der Waals surface area contributed by atoms with Crippen LogP contribution >= 0.6 is 0 Å². The van der Waals surface area contributed by atoms with Gasteiger partial charge in [0.15, 0.2) is 0 Å². The number of nitrogens with zero attached hydrogens (tertiary/aromatic N) is 3. The number of hydrogen-bond donors (Lipinski definition) is 0. The van der Waals surface area contributed by atoms with E-state index in [0.717, 1.165) is 11.5 Å². The minimum atomic E-state index is 0.397. The van der Waals surface area contributed by atoms with Gasteiger partial charge in [0.25, 0.3) is 0 Å². The molecule has 2 heterocycles. The van der Waals surface area contributed by atoms with Gasteiger partial charge in [-0.3, -0.25) is 4.40 Å². The van der Waals surface area contributed by atoms with E-state index in [-0.39, 0.29) is 0 Å². The van der Waals surface area contributed by atoms with Crippen LogP contribution < -0.4 is 0 Å². The van der Waals surface area contributed by atoms with Crippen LogP contribution in [-0.4, -0.2) is 14.4 Å². The van der Waals surface area contributed by atoms with Gasteiger partial charge in [-0.15, -0.1) is 0 Å². The van der Waals surface area contributed by atoms with Gasteiger partial charge in [0.2, 0.25) is 0 Å². The Balaban J connectivity index is 2.91. The zero-order chi connectivity index (χ0) is 14.3. The van der Waals surface area contributed by atoms with E-state index in [4.69, 9.17) is 4.98 Å². The fraction of sp³-hybridized carbons (Fsp3) is 0.625. The Bertz CT molecular complexity index is 592. The highest BCUT2D eigenvalue weighted by Gasteiger charge is 2.21. The summed E-state index contributed by atoms with van der Waals surface area (Å²) in [5.74, 6) is 2.39. The molecule has 0 saturated heterocycles. The second-order valence-electron chi connectivity index (χ2n) is 6.29. The molecule has 2 aromatic rings. The summed E-state index contributed by atoms with van der Waals surface area (Å²) in [5.41, 5.74) is 4.77. The van der Waals surface area contributed by atoms with E-state index in [0.29, 0.717) is 17.8 Å². The minimum Gasteiger partial charge on any atom is -0.285 e. The normalized spacial score (nSPS) is 12.3. The van der Waals surface area contributed by atoms with Crippen LogP contribution in [0.25, 0.3) is 5.65 Å². The summed E-state index contributed by atoms with van der Waals surface area (Å²) >= 11 is 0. The van der Waals surface area contributed by atoms with Gasteiger partial charge in [0, 0.05) is 23.4 Å². The van der Waals surface area contributed by atoms with E-state index in [9.17, 15) is 0 Å². The van der Waals surface area contributed by atoms with Crippen molar-refractivity contribution >= 4 is 5.65 Å². The highest BCUT2D eigenvalue weighted by molar-refractivity contribution is 5.54. The lowest BCUT2D eigenvalue weighted by Crippen LogP contribution is -2.13. The third-order valence-corrected chi connectivity index (χ3v) is 3.56. The largest absolute Gasteiger partial charge is 0.285 e. The van der Waals surface area contributed by atoms with Gasteiger partial charge in [-0.25, -0.2) is 9.97 Å². The Morgan fingerprint density at radius 1 is 0.947 bits per heavy atom. The van der Waals surface area contributed by atoms with Crippen molar-refractivity contribution in [3.63, 3.8) is 0 Å². The maximum Gasteiger partial charge on any atom is 0.143 e. The Morgan fingerprint density at radius 3 is 2.05 bits per heavy atom. The summed E-state index contributed by atoms with van der Waals surface area (Å²) < 4.78 is 2.23. The summed E-state index contributed by atoms with van der Waals surface area (Å²) in [6, 6.07) is 0. The van der Waals surface area contributed by atoms with Gasteiger partial charge in [0.1, 0.15) is 11.5 Å². The number of hydrogen-bond acceptors (Lipinski definition) is 2. The van der Waals surface area contributed by atoms with E-state index < -0.39 is 0 Å². The lowest BCUT2D eigenvalue weighted by atomic mass is 9.95. The second-order valence-corrected chi connectivity index (χ2v) is 6.29. The number of aryl methyl sites for hydroxylation is 1. The molecule has 104 valence electrons. The molecule has 0 aliphatic heterocycles. The van der Waals surface area contributed by atoms with Crippen molar-refractivity contribution < 1.29 is 0 Å². The lowest BCUT2D eigenvalue weighted by Gasteiger charge is -2.20. The van der Waals surface area contributed by atoms with Crippen LogP contribution in [0.3, 0.4) is 0 Å². The first-order valence-electron chi connectivity index (χ1n) is 7.22. The number of imidazole rings is 1. The number of aromatic nitrogens is 3. The molecule has 0 saturated carbocycles. The summed E-state index contributed by atoms with van der Waals surface area (Å²) in [6.07, 6.45) is 1.96. The van der Waals surface area contributed by atoms with Crippen LogP contribution in [0, 0.1) is 6.92 Å². The van der Waals surface area contributed by atoms with E-state index in [1.165, 1.54) is 17.0 Å². The highest BCUT2D eigenvalue weighted by Crippen LogP contribution is 2.31. The molecule has 19 heavy (non-hydrogen) atoms. The SMILES string of the molecule is Cc1cnc2c(C(C)C)c(C(C)C)nc(C(C)C)n12. The van der Waals surface area contributed by atoms with E-state index in [1.807, 2.05) is 6.20 Å². The van der Waals surface area contributed by atoms with Crippen molar-refractivity contribution in [2.45, 2.75) is 66.2 Å². The molecule has 0 amide bonds. The summed E-state index contributed by atoms with van der Waals surface area (Å²) in [5, 5.41) is 0. The zero-order valence-electron chi connectivity index (χ0n) is 13.2. The molecule has 0 radical (unpaired) electrons. The predicted molar refractivity (Wildman–Crippen MR) is 80.0 cm³/mol. The van der Waals surface area contributed by atoms with Crippen molar-refractivity contribution in [1.82, 2.24) is 14.4 Å². The van der Waals surface area contributed by atoms with Gasteiger partial charge in [0.05, 0.1) is 5.69 Å². The first-order chi connectivity index (χ1) is 8.84. The smallest absolute Gasteiger partial charge is 0.143 e. The van der Waals surface area contributed by atoms with E-state index in [2.05, 4.69) is 57.9 Å². The molecule has 0 N–H and O–H groups in total. The van der Waals surface area contributed by atoms with Crippen molar-refractivity contribution in [1.29, 1.82) is 0 Å². The molecular formula is C16H25N3. The van der Waals surface area contributed by atoms with Crippen LogP contribution in [0.1, 0.15) is 82.1 Å². The maximum atomic E-state index is 4.98. The van der Waals surface area contributed by atoms with Gasteiger partial charge in [-0.05, 0) is 18.8 Å². The van der Waals surface area contributed by atoms with Crippen molar-refractivity contribution in [2.75, 3.05) is 0 Å². The highest BCUT2D eigenvalue weighted by atomic mass is 15.1. The molecule has 0 aliphatic carbocycles. The molecule has 0 unspecified atom stereocenters. The Labute approximate surface area is 116 Å². The van der Waals surface area contributed by atoms with E-state index >= 15 is 0 Å². The number of fused-ring (bicyclic) bond motifs is 1. The molecule has 0 spiro atoms. The van der Waals surface area contributed by atoms with E-state index in [1.54, 1.807) is 0 Å². The molecule has 3 nitrogen and oxygen atoms in total. The van der Waals surface area contributed by atoms with Crippen LogP contribution in [0.5, 0.6) is 0 Å². The van der Waals surface area contributed by atoms with Crippen LogP contribution in [-0.2, 0) is 0 Å². The molecular weight excluding hydrogens is 234 g/mol. The van der Waals surface area contributed by atoms with Gasteiger partial charge < -0.3 is 0 Å². The summed E-state index contributed by atoms with van der Waals surface area (Å²) in [7, 11) is 0. The maximum absolute atomic E-state index is 4.98. The Morgan fingerprint density at radius 2 is 1.58 bits per heavy atom. The third-order valence-electron chi connectivity index (χ3n) is 3.56. The molecule has 2 rings (SSSR count). The van der Waals surface area contributed by atoms with Gasteiger partial charge >= 0.3 is 0 Å². The minimum absolute atomic E-state index is 0.397. The fourth-order valence-electron chi connectivity index (χ4n) is 2.65. The van der Waals surface area contributed by atoms with Crippen molar-refractivity contribution in [2.24, 2.45) is 0 Å². The van der Waals surface area contributed by atoms with Gasteiger partial charge in [-0.2, -0.15) is 0 Å². The quantitative estimate of drug-likeness (QED) is 0.817. The van der Waals surface area contributed by atoms with Crippen LogP contribution in [0.4, 0.5) is 0 Å². The number of rotatable bonds is 3. The average molecular weight is 259 g/mol. The molecule has 0 atom stereocenters. The summed E-state index contributed by atoms with van der Waals surface area (Å²) in [6.45, 7) is 15.4. The molecule has 2 aromatic heterocycles. The van der Waals surface area contributed by atoms with Crippen molar-refractivity contribution in [3.05, 3.63) is 29.0 Å². The molecule has 0 aromatic carbocycles. The second kappa shape index (κ2) is 4.95. The Kier molecular flexibility index (Phi) is 3.66. The van der Waals surface area contributed by atoms with Crippen molar-refractivity contribution in [3.8, 4) is 0 Å². The lowest BCUT2D eigenvalue weighted by molar-refractivity contribution is 0.684. The first kappa shape index (κ1) is 14.0. The molecule has 0 fully saturated rings. The molecule has 3 heteroatoms. The van der Waals surface area contributed by atoms with Gasteiger partial charge in [-0.1, -0.05) is 41.5 Å².